The predicted molar refractivity (Wildman–Crippen MR) is 99.6 cm³/mol. The molecule has 0 radical (unpaired) electrons. The number of carbonyl (C=O) groups excluding carboxylic acids is 1. The molecule has 6 aliphatic heterocycles. The molecule has 152 valence electrons. The lowest BCUT2D eigenvalue weighted by molar-refractivity contribution is -0.256. The highest BCUT2D eigenvalue weighted by atomic mass is 16.7. The molecule has 6 heterocycles. The van der Waals surface area contributed by atoms with Crippen LogP contribution in [0.3, 0.4) is 0 Å². The van der Waals surface area contributed by atoms with E-state index >= 15 is 0 Å². The molecule has 6 heteroatoms. The predicted octanol–water partition coefficient (Wildman–Crippen LogP) is 3.09. The molecule has 5 bridgehead atoms. The van der Waals surface area contributed by atoms with Gasteiger partial charge in [-0.15, -0.1) is 0 Å². The van der Waals surface area contributed by atoms with Crippen molar-refractivity contribution in [3.05, 3.63) is 22.9 Å². The summed E-state index contributed by atoms with van der Waals surface area (Å²) in [6, 6.07) is 0.496. The Morgan fingerprint density at radius 2 is 2.18 bits per heavy atom. The molecule has 0 N–H and O–H groups in total. The zero-order valence-corrected chi connectivity index (χ0v) is 17.1. The number of hydrogen-bond acceptors (Lipinski definition) is 6. The maximum atomic E-state index is 12.2. The SMILES string of the molecule is CCCC[C@@]12[C@@H]3C[C@H]4[C@H]5[C@H](C)/C(=C6/OC(=O)C(C)=C6OC)OC5(O3)[C@@H]1CCN42. The average molecular weight is 387 g/mol. The van der Waals surface area contributed by atoms with E-state index in [2.05, 4.69) is 18.7 Å². The Morgan fingerprint density at radius 3 is 2.93 bits per heavy atom. The first-order chi connectivity index (χ1) is 13.5. The molecule has 0 aromatic carbocycles. The van der Waals surface area contributed by atoms with Crippen LogP contribution in [0.2, 0.25) is 0 Å². The van der Waals surface area contributed by atoms with E-state index in [9.17, 15) is 4.79 Å². The van der Waals surface area contributed by atoms with E-state index in [1.165, 1.54) is 19.3 Å². The normalized spacial score (nSPS) is 52.5. The van der Waals surface area contributed by atoms with Crippen LogP contribution in [0, 0.1) is 17.8 Å². The van der Waals surface area contributed by atoms with Gasteiger partial charge in [0.15, 0.2) is 5.76 Å². The van der Waals surface area contributed by atoms with Crippen LogP contribution < -0.4 is 0 Å². The van der Waals surface area contributed by atoms with Gasteiger partial charge in [-0.2, -0.15) is 0 Å². The minimum atomic E-state index is -0.558. The highest BCUT2D eigenvalue weighted by Gasteiger charge is 2.84. The van der Waals surface area contributed by atoms with Crippen LogP contribution in [0.25, 0.3) is 0 Å². The van der Waals surface area contributed by atoms with Gasteiger partial charge in [-0.3, -0.25) is 4.90 Å². The third-order valence-corrected chi connectivity index (χ3v) is 8.53. The minimum Gasteiger partial charge on any atom is -0.492 e. The third kappa shape index (κ3) is 1.65. The number of ether oxygens (including phenoxy) is 4. The first-order valence-electron chi connectivity index (χ1n) is 10.8. The van der Waals surface area contributed by atoms with Crippen molar-refractivity contribution in [1.29, 1.82) is 0 Å². The summed E-state index contributed by atoms with van der Waals surface area (Å²) in [5, 5.41) is 0. The average Bonchev–Trinajstić information content (AvgIpc) is 3.38. The number of cyclic esters (lactones) is 1. The standard InChI is InChI=1S/C22H29NO5/c1-5-6-8-21-14-7-9-23(21)13-10-15(21)27-22(14)16(13)11(2)18(28-22)19-17(25-4)12(3)20(24)26-19/h11,13-16H,5-10H2,1-4H3/b19-18-/t11-,13-,14+,15-,16+,21-,22?/m0/s1. The van der Waals surface area contributed by atoms with Crippen LogP contribution in [-0.4, -0.2) is 48.0 Å². The van der Waals surface area contributed by atoms with Gasteiger partial charge in [-0.1, -0.05) is 26.7 Å². The Morgan fingerprint density at radius 1 is 1.36 bits per heavy atom. The van der Waals surface area contributed by atoms with Gasteiger partial charge < -0.3 is 18.9 Å². The fourth-order valence-electron chi connectivity index (χ4n) is 7.64. The van der Waals surface area contributed by atoms with Crippen molar-refractivity contribution in [2.75, 3.05) is 13.7 Å². The fourth-order valence-corrected chi connectivity index (χ4v) is 7.64. The van der Waals surface area contributed by atoms with Gasteiger partial charge in [0.2, 0.25) is 11.5 Å². The van der Waals surface area contributed by atoms with Crippen molar-refractivity contribution in [1.82, 2.24) is 4.90 Å². The molecule has 0 saturated carbocycles. The van der Waals surface area contributed by atoms with E-state index in [1.807, 2.05) is 0 Å². The second-order valence-electron chi connectivity index (χ2n) is 9.42. The molecule has 5 saturated heterocycles. The van der Waals surface area contributed by atoms with Gasteiger partial charge in [-0.25, -0.2) is 4.79 Å². The maximum Gasteiger partial charge on any atom is 0.343 e. The number of rotatable bonds is 4. The topological polar surface area (TPSA) is 57.2 Å². The summed E-state index contributed by atoms with van der Waals surface area (Å²) in [6.07, 6.45) is 6.15. The van der Waals surface area contributed by atoms with Gasteiger partial charge in [-0.05, 0) is 32.7 Å². The monoisotopic (exact) mass is 387 g/mol. The molecule has 5 fully saturated rings. The molecular weight excluding hydrogens is 358 g/mol. The summed E-state index contributed by atoms with van der Waals surface area (Å²) in [4.78, 5) is 14.9. The van der Waals surface area contributed by atoms with Crippen molar-refractivity contribution in [3.8, 4) is 0 Å². The van der Waals surface area contributed by atoms with Gasteiger partial charge >= 0.3 is 5.97 Å². The van der Waals surface area contributed by atoms with Gasteiger partial charge in [0, 0.05) is 17.9 Å². The molecule has 2 unspecified atom stereocenters. The lowest BCUT2D eigenvalue weighted by atomic mass is 9.69. The summed E-state index contributed by atoms with van der Waals surface area (Å²) in [6.45, 7) is 7.37. The second kappa shape index (κ2) is 5.33. The number of hydrogen-bond donors (Lipinski definition) is 0. The van der Waals surface area contributed by atoms with Crippen LogP contribution in [0.1, 0.15) is 52.9 Å². The van der Waals surface area contributed by atoms with E-state index < -0.39 is 5.79 Å². The molecule has 28 heavy (non-hydrogen) atoms. The van der Waals surface area contributed by atoms with E-state index in [0.29, 0.717) is 29.1 Å². The Kier molecular flexibility index (Phi) is 3.30. The summed E-state index contributed by atoms with van der Waals surface area (Å²) < 4.78 is 24.7. The summed E-state index contributed by atoms with van der Waals surface area (Å²) >= 11 is 0. The fraction of sp³-hybridized carbons (Fsp3) is 0.773. The molecule has 6 aliphatic rings. The highest BCUT2D eigenvalue weighted by Crippen LogP contribution is 2.73. The lowest BCUT2D eigenvalue weighted by Crippen LogP contribution is -2.61. The zero-order chi connectivity index (χ0) is 19.4. The number of methoxy groups -OCH3 is 1. The minimum absolute atomic E-state index is 0.134. The van der Waals surface area contributed by atoms with Gasteiger partial charge in [0.05, 0.1) is 30.2 Å². The van der Waals surface area contributed by atoms with Gasteiger partial charge in [0.1, 0.15) is 5.76 Å². The Bertz CT molecular complexity index is 833. The molecule has 0 aliphatic carbocycles. The van der Waals surface area contributed by atoms with E-state index in [0.717, 1.165) is 25.1 Å². The van der Waals surface area contributed by atoms with Crippen molar-refractivity contribution in [2.45, 2.75) is 76.3 Å². The van der Waals surface area contributed by atoms with Gasteiger partial charge in [0.25, 0.3) is 0 Å². The molecule has 8 atom stereocenters. The smallest absolute Gasteiger partial charge is 0.343 e. The van der Waals surface area contributed by atoms with E-state index in [1.54, 1.807) is 14.0 Å². The number of allylic oxidation sites excluding steroid dienone is 1. The highest BCUT2D eigenvalue weighted by molar-refractivity contribution is 5.93. The number of nitrogens with zero attached hydrogens (tertiary/aromatic N) is 1. The van der Waals surface area contributed by atoms with Crippen LogP contribution in [0.5, 0.6) is 0 Å². The summed E-state index contributed by atoms with van der Waals surface area (Å²) in [5.74, 6) is 1.64. The zero-order valence-electron chi connectivity index (χ0n) is 17.1. The first kappa shape index (κ1) is 17.3. The lowest BCUT2D eigenvalue weighted by Gasteiger charge is -2.48. The van der Waals surface area contributed by atoms with Crippen LogP contribution in [-0.2, 0) is 23.7 Å². The molecule has 1 spiro atoms. The first-order valence-corrected chi connectivity index (χ1v) is 10.8. The van der Waals surface area contributed by atoms with Crippen LogP contribution >= 0.6 is 0 Å². The quantitative estimate of drug-likeness (QED) is 0.691. The molecule has 0 aromatic heterocycles. The van der Waals surface area contributed by atoms with Crippen molar-refractivity contribution in [3.63, 3.8) is 0 Å². The summed E-state index contributed by atoms with van der Waals surface area (Å²) in [7, 11) is 1.58. The molecule has 0 amide bonds. The van der Waals surface area contributed by atoms with Crippen LogP contribution in [0.4, 0.5) is 0 Å². The largest absolute Gasteiger partial charge is 0.492 e. The Balaban J connectivity index is 1.46. The number of carbonyl (C=O) groups is 1. The van der Waals surface area contributed by atoms with Crippen molar-refractivity contribution >= 4 is 5.97 Å². The van der Waals surface area contributed by atoms with Crippen LogP contribution in [0.15, 0.2) is 22.9 Å². The number of piperidine rings is 1. The van der Waals surface area contributed by atoms with E-state index in [4.69, 9.17) is 18.9 Å². The molecule has 6 nitrogen and oxygen atoms in total. The Labute approximate surface area is 165 Å². The number of esters is 1. The second-order valence-corrected chi connectivity index (χ2v) is 9.42. The number of unbranched alkanes of at least 4 members (excludes halogenated alkanes) is 1. The van der Waals surface area contributed by atoms with E-state index in [-0.39, 0.29) is 29.4 Å². The van der Waals surface area contributed by atoms with Crippen molar-refractivity contribution in [2.24, 2.45) is 17.8 Å². The molecule has 0 aromatic rings. The molecule has 6 rings (SSSR count). The summed E-state index contributed by atoms with van der Waals surface area (Å²) in [5.41, 5.74) is 0.659. The van der Waals surface area contributed by atoms with Crippen molar-refractivity contribution < 1.29 is 23.7 Å². The number of fused-ring (bicyclic) bond motifs is 1. The maximum absolute atomic E-state index is 12.2. The molecular formula is C22H29NO5. The Hall–Kier alpha value is -1.53. The third-order valence-electron chi connectivity index (χ3n) is 8.53.